The van der Waals surface area contributed by atoms with Gasteiger partial charge in [-0.05, 0) is 37.1 Å². The van der Waals surface area contributed by atoms with Crippen LogP contribution in [0.3, 0.4) is 0 Å². The molecule has 0 saturated heterocycles. The Balaban J connectivity index is 0.00000480. The molecule has 7 nitrogen and oxygen atoms in total. The molecular weight excluding hydrogens is 505 g/mol. The van der Waals surface area contributed by atoms with Crippen LogP contribution in [0.5, 0.6) is 5.75 Å². The molecule has 170 valence electrons. The van der Waals surface area contributed by atoms with E-state index in [2.05, 4.69) is 39.7 Å². The van der Waals surface area contributed by atoms with Gasteiger partial charge in [-0.15, -0.1) is 24.0 Å². The molecule has 31 heavy (non-hydrogen) atoms. The zero-order valence-electron chi connectivity index (χ0n) is 18.9. The maximum Gasteiger partial charge on any atom is 0.241 e. The molecule has 0 saturated carbocycles. The molecule has 0 atom stereocenters. The number of nitrogens with one attached hydrogen (secondary N) is 2. The molecule has 8 heteroatoms. The Kier molecular flexibility index (Phi) is 12.6. The van der Waals surface area contributed by atoms with Gasteiger partial charge < -0.3 is 20.3 Å². The van der Waals surface area contributed by atoms with Gasteiger partial charge in [0.05, 0.1) is 13.2 Å². The van der Waals surface area contributed by atoms with Crippen LogP contribution < -0.4 is 15.4 Å². The average molecular weight is 539 g/mol. The molecule has 0 aliphatic rings. The second-order valence-electron chi connectivity index (χ2n) is 7.13. The number of guanidine groups is 1. The minimum Gasteiger partial charge on any atom is -0.493 e. The van der Waals surface area contributed by atoms with E-state index in [0.29, 0.717) is 25.7 Å². The summed E-state index contributed by atoms with van der Waals surface area (Å²) in [5.74, 6) is 1.45. The van der Waals surface area contributed by atoms with Crippen LogP contribution in [0, 0.1) is 6.92 Å². The van der Waals surface area contributed by atoms with Gasteiger partial charge in [-0.25, -0.2) is 0 Å². The fourth-order valence-electron chi connectivity index (χ4n) is 2.80. The van der Waals surface area contributed by atoms with Crippen molar-refractivity contribution in [2.45, 2.75) is 33.2 Å². The highest BCUT2D eigenvalue weighted by molar-refractivity contribution is 14.0. The summed E-state index contributed by atoms with van der Waals surface area (Å²) in [5, 5.41) is 6.34. The number of aromatic nitrogens is 1. The van der Waals surface area contributed by atoms with Crippen molar-refractivity contribution in [2.24, 2.45) is 4.99 Å². The van der Waals surface area contributed by atoms with Crippen molar-refractivity contribution in [3.05, 3.63) is 59.4 Å². The fourth-order valence-corrected chi connectivity index (χ4v) is 2.80. The summed E-state index contributed by atoms with van der Waals surface area (Å²) in [6.45, 7) is 6.17. The molecule has 2 N–H and O–H groups in total. The first-order valence-electron chi connectivity index (χ1n) is 10.3. The zero-order chi connectivity index (χ0) is 21.8. The van der Waals surface area contributed by atoms with Crippen molar-refractivity contribution in [1.82, 2.24) is 20.5 Å². The Morgan fingerprint density at radius 1 is 1.23 bits per heavy atom. The van der Waals surface area contributed by atoms with E-state index in [-0.39, 0.29) is 36.4 Å². The molecule has 0 unspecified atom stereocenters. The molecule has 2 rings (SSSR count). The lowest BCUT2D eigenvalue weighted by Gasteiger charge is -2.19. The van der Waals surface area contributed by atoms with Gasteiger partial charge in [0, 0.05) is 51.1 Å². The van der Waals surface area contributed by atoms with Crippen LogP contribution in [0.15, 0.2) is 47.6 Å². The van der Waals surface area contributed by atoms with Crippen molar-refractivity contribution in [3.8, 4) is 5.75 Å². The van der Waals surface area contributed by atoms with Gasteiger partial charge in [0.15, 0.2) is 5.96 Å². The van der Waals surface area contributed by atoms with Gasteiger partial charge in [0.25, 0.3) is 0 Å². The number of likely N-dealkylation sites (N-methyl/N-ethyl adjacent to an activating group) is 1. The van der Waals surface area contributed by atoms with Gasteiger partial charge in [-0.3, -0.25) is 14.8 Å². The Bertz CT molecular complexity index is 830. The summed E-state index contributed by atoms with van der Waals surface area (Å²) in [5.41, 5.74) is 3.18. The number of pyridine rings is 1. The van der Waals surface area contributed by atoms with Crippen molar-refractivity contribution in [2.75, 3.05) is 33.8 Å². The predicted octanol–water partition coefficient (Wildman–Crippen LogP) is 3.16. The van der Waals surface area contributed by atoms with Gasteiger partial charge in [0.1, 0.15) is 5.75 Å². The maximum atomic E-state index is 12.4. The monoisotopic (exact) mass is 539 g/mol. The number of rotatable bonds is 10. The minimum absolute atomic E-state index is 0. The first-order valence-corrected chi connectivity index (χ1v) is 10.3. The number of carbonyl (C=O) groups excluding carboxylic acids is 1. The third-order valence-electron chi connectivity index (χ3n) is 4.62. The molecule has 0 aliphatic heterocycles. The Hall–Kier alpha value is -2.36. The van der Waals surface area contributed by atoms with Crippen LogP contribution >= 0.6 is 24.0 Å². The predicted molar refractivity (Wildman–Crippen MR) is 136 cm³/mol. The molecule has 0 radical (unpaired) electrons. The van der Waals surface area contributed by atoms with E-state index in [4.69, 9.17) is 4.74 Å². The molecular formula is C23H34IN5O2. The summed E-state index contributed by atoms with van der Waals surface area (Å²) in [7, 11) is 3.49. The van der Waals surface area contributed by atoms with Crippen LogP contribution in [-0.2, 0) is 17.8 Å². The van der Waals surface area contributed by atoms with Gasteiger partial charge in [-0.1, -0.05) is 25.1 Å². The Labute approximate surface area is 202 Å². The van der Waals surface area contributed by atoms with E-state index in [0.717, 1.165) is 35.4 Å². The number of hydrogen-bond donors (Lipinski definition) is 2. The van der Waals surface area contributed by atoms with Crippen molar-refractivity contribution in [1.29, 1.82) is 0 Å². The first-order chi connectivity index (χ1) is 14.5. The molecule has 0 aliphatic carbocycles. The molecule has 1 aromatic heterocycles. The van der Waals surface area contributed by atoms with E-state index >= 15 is 0 Å². The second kappa shape index (κ2) is 14.6. The first kappa shape index (κ1) is 26.7. The van der Waals surface area contributed by atoms with Crippen molar-refractivity contribution >= 4 is 35.8 Å². The lowest BCUT2D eigenvalue weighted by molar-refractivity contribution is -0.128. The second-order valence-corrected chi connectivity index (χ2v) is 7.13. The summed E-state index contributed by atoms with van der Waals surface area (Å²) >= 11 is 0. The lowest BCUT2D eigenvalue weighted by Crippen LogP contribution is -2.43. The van der Waals surface area contributed by atoms with Crippen LogP contribution in [0.4, 0.5) is 0 Å². The highest BCUT2D eigenvalue weighted by atomic mass is 127. The number of nitrogens with zero attached hydrogens (tertiary/aromatic N) is 3. The third kappa shape index (κ3) is 9.54. The number of hydrogen-bond acceptors (Lipinski definition) is 4. The summed E-state index contributed by atoms with van der Waals surface area (Å²) in [4.78, 5) is 22.6. The van der Waals surface area contributed by atoms with E-state index in [1.807, 2.05) is 31.2 Å². The van der Waals surface area contributed by atoms with Gasteiger partial charge >= 0.3 is 0 Å². The standard InChI is InChI=1S/C23H33N5O2.HI/c1-5-14-30-21-15-18(2)9-10-19(21)16-26-23(24-3)27-17-22(29)28(4)13-11-20-8-6-7-12-25-20;/h6-10,12,15H,5,11,13-14,16-17H2,1-4H3,(H2,24,26,27);1H. The molecule has 0 fully saturated rings. The normalized spacial score (nSPS) is 10.8. The van der Waals surface area contributed by atoms with Crippen LogP contribution in [0.2, 0.25) is 0 Å². The number of carbonyl (C=O) groups is 1. The number of aryl methyl sites for hydroxylation is 1. The van der Waals surface area contributed by atoms with E-state index in [1.54, 1.807) is 25.2 Å². The highest BCUT2D eigenvalue weighted by Gasteiger charge is 2.11. The van der Waals surface area contributed by atoms with E-state index in [9.17, 15) is 4.79 Å². The Morgan fingerprint density at radius 2 is 2.03 bits per heavy atom. The van der Waals surface area contributed by atoms with E-state index < -0.39 is 0 Å². The minimum atomic E-state index is -0.00353. The largest absolute Gasteiger partial charge is 0.493 e. The number of aliphatic imine (C=N–C) groups is 1. The third-order valence-corrected chi connectivity index (χ3v) is 4.62. The summed E-state index contributed by atoms with van der Waals surface area (Å²) in [6.07, 6.45) is 3.45. The molecule has 0 bridgehead atoms. The SMILES string of the molecule is CCCOc1cc(C)ccc1CNC(=NC)NCC(=O)N(C)CCc1ccccn1.I. The molecule has 1 aromatic carbocycles. The van der Waals surface area contributed by atoms with Gasteiger partial charge in [0.2, 0.25) is 5.91 Å². The van der Waals surface area contributed by atoms with Gasteiger partial charge in [-0.2, -0.15) is 0 Å². The van der Waals surface area contributed by atoms with Crippen LogP contribution in [0.1, 0.15) is 30.2 Å². The lowest BCUT2D eigenvalue weighted by atomic mass is 10.1. The van der Waals surface area contributed by atoms with Crippen molar-refractivity contribution in [3.63, 3.8) is 0 Å². The van der Waals surface area contributed by atoms with E-state index in [1.165, 1.54) is 0 Å². The summed E-state index contributed by atoms with van der Waals surface area (Å²) in [6, 6.07) is 12.0. The number of halogens is 1. The molecule has 1 amide bonds. The number of amides is 1. The smallest absolute Gasteiger partial charge is 0.241 e. The fraction of sp³-hybridized carbons (Fsp3) is 0.435. The topological polar surface area (TPSA) is 78.8 Å². The highest BCUT2D eigenvalue weighted by Crippen LogP contribution is 2.20. The maximum absolute atomic E-state index is 12.4. The summed E-state index contributed by atoms with van der Waals surface area (Å²) < 4.78 is 5.86. The molecule has 1 heterocycles. The number of ether oxygens (including phenoxy) is 1. The van der Waals surface area contributed by atoms with Crippen molar-refractivity contribution < 1.29 is 9.53 Å². The molecule has 0 spiro atoms. The number of benzene rings is 1. The van der Waals surface area contributed by atoms with Crippen LogP contribution in [0.25, 0.3) is 0 Å². The van der Waals surface area contributed by atoms with Crippen LogP contribution in [-0.4, -0.2) is 55.5 Å². The zero-order valence-corrected chi connectivity index (χ0v) is 21.2. The molecule has 2 aromatic rings. The Morgan fingerprint density at radius 3 is 2.71 bits per heavy atom. The quantitative estimate of drug-likeness (QED) is 0.276. The average Bonchev–Trinajstić information content (AvgIpc) is 2.77.